The number of nitrogens with zero attached hydrogens (tertiary/aromatic N) is 3. The number of carbonyl (C=O) groups excluding carboxylic acids is 2. The molecule has 1 aromatic heterocycles. The van der Waals surface area contributed by atoms with Crippen LogP contribution in [0, 0.1) is 5.82 Å². The summed E-state index contributed by atoms with van der Waals surface area (Å²) in [6.45, 7) is -0.302. The van der Waals surface area contributed by atoms with Gasteiger partial charge in [-0.2, -0.15) is 13.2 Å². The van der Waals surface area contributed by atoms with Gasteiger partial charge in [0.2, 0.25) is 11.8 Å². The molecule has 3 aliphatic rings. The predicted octanol–water partition coefficient (Wildman–Crippen LogP) is 5.94. The number of hydrogen-bond donors (Lipinski definition) is 2. The van der Waals surface area contributed by atoms with Crippen LogP contribution in [0.3, 0.4) is 0 Å². The smallest absolute Gasteiger partial charge is 0.394 e. The third-order valence-corrected chi connectivity index (χ3v) is 8.34. The summed E-state index contributed by atoms with van der Waals surface area (Å²) in [5.74, 6) is -4.77. The molecule has 2 aliphatic carbocycles. The Labute approximate surface area is 238 Å². The van der Waals surface area contributed by atoms with Gasteiger partial charge in [0.05, 0.1) is 23.9 Å². The second-order valence-corrected chi connectivity index (χ2v) is 11.3. The highest BCUT2D eigenvalue weighted by Crippen LogP contribution is 2.43. The molecule has 2 aromatic rings. The summed E-state index contributed by atoms with van der Waals surface area (Å²) < 4.78 is 86.2. The molecule has 2 heterocycles. The first-order valence-electron chi connectivity index (χ1n) is 14.1. The van der Waals surface area contributed by atoms with E-state index < -0.39 is 84.2 Å². The molecule has 0 bridgehead atoms. The van der Waals surface area contributed by atoms with E-state index in [9.17, 15) is 36.6 Å². The van der Waals surface area contributed by atoms with Crippen LogP contribution in [-0.2, 0) is 11.0 Å². The number of halogens is 6. The molecule has 2 N–H and O–H groups in total. The number of benzene rings is 1. The zero-order valence-electron chi connectivity index (χ0n) is 22.7. The molecule has 1 unspecified atom stereocenters. The van der Waals surface area contributed by atoms with Gasteiger partial charge in [-0.3, -0.25) is 14.7 Å². The summed E-state index contributed by atoms with van der Waals surface area (Å²) >= 11 is 0. The van der Waals surface area contributed by atoms with Crippen LogP contribution in [0.1, 0.15) is 80.0 Å². The fourth-order valence-electron chi connectivity index (χ4n) is 5.90. The molecule has 1 aliphatic heterocycles. The summed E-state index contributed by atoms with van der Waals surface area (Å²) in [6, 6.07) is 0.246. The van der Waals surface area contributed by atoms with Crippen molar-refractivity contribution >= 4 is 17.6 Å². The van der Waals surface area contributed by atoms with Crippen molar-refractivity contribution in [2.24, 2.45) is 0 Å². The fraction of sp³-hybridized carbons (Fsp3) is 0.552. The van der Waals surface area contributed by atoms with Crippen LogP contribution in [0.15, 0.2) is 36.7 Å². The number of nitrogens with one attached hydrogen (secondary N) is 1. The third-order valence-electron chi connectivity index (χ3n) is 8.34. The minimum Gasteiger partial charge on any atom is -0.394 e. The molecule has 2 atom stereocenters. The van der Waals surface area contributed by atoms with Crippen molar-refractivity contribution in [1.29, 1.82) is 0 Å². The lowest BCUT2D eigenvalue weighted by Gasteiger charge is -2.38. The van der Waals surface area contributed by atoms with Crippen molar-refractivity contribution in [3.63, 3.8) is 0 Å². The monoisotopic (exact) mass is 598 g/mol. The summed E-state index contributed by atoms with van der Waals surface area (Å²) in [5, 5.41) is 12.4. The molecular formula is C29H32F6N4O3. The number of likely N-dealkylation sites (tertiary alicyclic amines) is 1. The number of hydrogen-bond acceptors (Lipinski definition) is 4. The van der Waals surface area contributed by atoms with Gasteiger partial charge >= 0.3 is 12.2 Å². The van der Waals surface area contributed by atoms with E-state index in [1.165, 1.54) is 17.0 Å². The van der Waals surface area contributed by atoms with E-state index in [1.54, 1.807) is 6.07 Å². The lowest BCUT2D eigenvalue weighted by molar-refractivity contribution is -0.138. The number of rotatable bonds is 7. The maximum atomic E-state index is 15.8. The molecule has 3 fully saturated rings. The zero-order valence-corrected chi connectivity index (χ0v) is 22.7. The Balaban J connectivity index is 1.63. The van der Waals surface area contributed by atoms with Crippen molar-refractivity contribution in [1.82, 2.24) is 15.2 Å². The van der Waals surface area contributed by atoms with Gasteiger partial charge in [0.15, 0.2) is 0 Å². The van der Waals surface area contributed by atoms with Crippen LogP contribution < -0.4 is 10.2 Å². The Morgan fingerprint density at radius 3 is 2.45 bits per heavy atom. The molecule has 0 spiro atoms. The van der Waals surface area contributed by atoms with E-state index in [2.05, 4.69) is 10.3 Å². The van der Waals surface area contributed by atoms with Crippen molar-refractivity contribution in [2.75, 3.05) is 18.1 Å². The minimum absolute atomic E-state index is 0.123. The summed E-state index contributed by atoms with van der Waals surface area (Å²) in [5.41, 5.74) is -1.69. The largest absolute Gasteiger partial charge is 0.416 e. The van der Waals surface area contributed by atoms with Gasteiger partial charge in [0, 0.05) is 43.4 Å². The van der Waals surface area contributed by atoms with Crippen LogP contribution in [0.5, 0.6) is 0 Å². The van der Waals surface area contributed by atoms with Gasteiger partial charge in [-0.25, -0.2) is 18.0 Å². The quantitative estimate of drug-likeness (QED) is 0.387. The van der Waals surface area contributed by atoms with Gasteiger partial charge < -0.3 is 15.3 Å². The number of aromatic nitrogens is 1. The van der Waals surface area contributed by atoms with Crippen LogP contribution in [0.2, 0.25) is 0 Å². The SMILES string of the molecule is O=C(NC1CCC(F)(F)CC1)C(c1cnccc1C(F)(F)F)N(C(=O)N1CCC[C@@H]1CO)c1ccc(C2CC2)cc1F. The van der Waals surface area contributed by atoms with Gasteiger partial charge in [0.1, 0.15) is 11.9 Å². The normalized spacial score (nSPS) is 21.7. The number of aliphatic hydroxyl groups is 1. The number of urea groups is 1. The van der Waals surface area contributed by atoms with Gasteiger partial charge in [-0.15, -0.1) is 0 Å². The zero-order chi connectivity index (χ0) is 30.2. The van der Waals surface area contributed by atoms with E-state index in [1.807, 2.05) is 0 Å². The van der Waals surface area contributed by atoms with Gasteiger partial charge in [-0.05, 0) is 68.2 Å². The fourth-order valence-corrected chi connectivity index (χ4v) is 5.90. The molecule has 1 saturated heterocycles. The molecule has 0 radical (unpaired) electrons. The molecule has 7 nitrogen and oxygen atoms in total. The number of anilines is 1. The Kier molecular flexibility index (Phi) is 8.41. The van der Waals surface area contributed by atoms with Crippen molar-refractivity contribution in [3.05, 3.63) is 59.2 Å². The Morgan fingerprint density at radius 2 is 1.83 bits per heavy atom. The number of aliphatic hydroxyl groups excluding tert-OH is 1. The van der Waals surface area contributed by atoms with Crippen LogP contribution >= 0.6 is 0 Å². The van der Waals surface area contributed by atoms with Crippen molar-refractivity contribution < 1.29 is 41.0 Å². The molecular weight excluding hydrogens is 566 g/mol. The van der Waals surface area contributed by atoms with Crippen LogP contribution in [-0.4, -0.2) is 58.1 Å². The van der Waals surface area contributed by atoms with E-state index in [-0.39, 0.29) is 25.3 Å². The molecule has 1 aromatic carbocycles. The maximum Gasteiger partial charge on any atom is 0.416 e. The van der Waals surface area contributed by atoms with Gasteiger partial charge in [0.25, 0.3) is 0 Å². The minimum atomic E-state index is -4.96. The predicted molar refractivity (Wildman–Crippen MR) is 140 cm³/mol. The molecule has 13 heteroatoms. The summed E-state index contributed by atoms with van der Waals surface area (Å²) in [6.07, 6.45) is -1.94. The van der Waals surface area contributed by atoms with Crippen molar-refractivity contribution in [2.45, 2.75) is 87.5 Å². The van der Waals surface area contributed by atoms with Crippen LogP contribution in [0.4, 0.5) is 36.8 Å². The highest BCUT2D eigenvalue weighted by molar-refractivity contribution is 6.01. The molecule has 228 valence electrons. The molecule has 2 saturated carbocycles. The van der Waals surface area contributed by atoms with E-state index in [0.29, 0.717) is 29.4 Å². The average molecular weight is 599 g/mol. The van der Waals surface area contributed by atoms with E-state index in [0.717, 1.165) is 25.2 Å². The molecule has 42 heavy (non-hydrogen) atoms. The topological polar surface area (TPSA) is 85.8 Å². The number of amides is 3. The first kappa shape index (κ1) is 30.1. The summed E-state index contributed by atoms with van der Waals surface area (Å²) in [4.78, 5) is 33.8. The molecule has 5 rings (SSSR count). The van der Waals surface area contributed by atoms with Gasteiger partial charge in [-0.1, -0.05) is 6.07 Å². The lowest BCUT2D eigenvalue weighted by atomic mass is 9.91. The summed E-state index contributed by atoms with van der Waals surface area (Å²) in [7, 11) is 0. The highest BCUT2D eigenvalue weighted by Gasteiger charge is 2.45. The molecule has 3 amide bonds. The van der Waals surface area contributed by atoms with Crippen molar-refractivity contribution in [3.8, 4) is 0 Å². The second-order valence-electron chi connectivity index (χ2n) is 11.3. The Morgan fingerprint density at radius 1 is 1.12 bits per heavy atom. The van der Waals surface area contributed by atoms with Crippen LogP contribution in [0.25, 0.3) is 0 Å². The maximum absolute atomic E-state index is 15.8. The average Bonchev–Trinajstić information content (AvgIpc) is 3.68. The first-order chi connectivity index (χ1) is 19.9. The standard InChI is InChI=1S/C29H32F6N4O3/c30-23-14-18(17-3-4-17)5-6-24(23)39(27(42)38-13-1-2-20(38)16-40)25(21-15-36-12-9-22(21)29(33,34)35)26(41)37-19-7-10-28(31,32)11-8-19/h5-6,9,12,14-15,17,19-20,25,40H,1-4,7-8,10-11,13,16H2,(H,37,41)/t20-,25?/m1/s1. The second kappa shape index (κ2) is 11.7. The third kappa shape index (κ3) is 6.35. The number of pyridine rings is 1. The number of alkyl halides is 5. The van der Waals surface area contributed by atoms with E-state index in [4.69, 9.17) is 0 Å². The lowest BCUT2D eigenvalue weighted by Crippen LogP contribution is -2.53. The van der Waals surface area contributed by atoms with E-state index >= 15 is 4.39 Å². The number of carbonyl (C=O) groups is 2. The Hall–Kier alpha value is -3.35. The highest BCUT2D eigenvalue weighted by atomic mass is 19.4. The first-order valence-corrected chi connectivity index (χ1v) is 14.1. The Bertz CT molecular complexity index is 1310.